The normalized spacial score (nSPS) is 46.4. The molecule has 4 aliphatic carbocycles. The van der Waals surface area contributed by atoms with Gasteiger partial charge in [-0.2, -0.15) is 0 Å². The molecule has 5 nitrogen and oxygen atoms in total. The Morgan fingerprint density at radius 1 is 1.00 bits per heavy atom. The molecule has 4 aliphatic rings. The molecule has 0 aromatic carbocycles. The molecule has 0 aliphatic heterocycles. The number of aliphatic hydroxyl groups excluding tert-OH is 1. The minimum absolute atomic E-state index is 0.0631. The van der Waals surface area contributed by atoms with Crippen molar-refractivity contribution in [1.29, 1.82) is 0 Å². The Morgan fingerprint density at radius 3 is 2.38 bits per heavy atom. The third-order valence-electron chi connectivity index (χ3n) is 10.7. The first-order chi connectivity index (χ1) is 15.1. The van der Waals surface area contributed by atoms with Crippen molar-refractivity contribution < 1.29 is 24.2 Å². The van der Waals surface area contributed by atoms with Crippen LogP contribution in [0.2, 0.25) is 0 Å². The number of esters is 2. The van der Waals surface area contributed by atoms with Crippen molar-refractivity contribution in [2.75, 3.05) is 7.11 Å². The molecule has 0 saturated heterocycles. The smallest absolute Gasteiger partial charge is 0.305 e. The van der Waals surface area contributed by atoms with Gasteiger partial charge < -0.3 is 14.6 Å². The van der Waals surface area contributed by atoms with Gasteiger partial charge in [0.25, 0.3) is 0 Å². The zero-order valence-corrected chi connectivity index (χ0v) is 20.8. The van der Waals surface area contributed by atoms with Crippen molar-refractivity contribution in [2.45, 2.75) is 104 Å². The van der Waals surface area contributed by atoms with Gasteiger partial charge in [0.1, 0.15) is 6.10 Å². The van der Waals surface area contributed by atoms with E-state index in [1.54, 1.807) is 0 Å². The van der Waals surface area contributed by atoms with Crippen LogP contribution in [0.3, 0.4) is 0 Å². The van der Waals surface area contributed by atoms with Crippen molar-refractivity contribution in [1.82, 2.24) is 0 Å². The maximum atomic E-state index is 12.0. The Morgan fingerprint density at radius 2 is 1.69 bits per heavy atom. The lowest BCUT2D eigenvalue weighted by Gasteiger charge is -2.62. The zero-order valence-electron chi connectivity index (χ0n) is 20.8. The number of hydrogen-bond donors (Lipinski definition) is 1. The molecule has 5 heteroatoms. The first-order valence-corrected chi connectivity index (χ1v) is 13.0. The lowest BCUT2D eigenvalue weighted by Crippen LogP contribution is -2.59. The van der Waals surface area contributed by atoms with E-state index >= 15 is 0 Å². The number of ether oxygens (including phenoxy) is 2. The molecular weight excluding hydrogens is 404 g/mol. The number of carbonyl (C=O) groups excluding carboxylic acids is 2. The van der Waals surface area contributed by atoms with E-state index in [-0.39, 0.29) is 35.5 Å². The van der Waals surface area contributed by atoms with E-state index in [0.717, 1.165) is 32.1 Å². The fourth-order valence-corrected chi connectivity index (χ4v) is 9.21. The Hall–Kier alpha value is -1.10. The van der Waals surface area contributed by atoms with Crippen molar-refractivity contribution in [2.24, 2.45) is 46.3 Å². The van der Waals surface area contributed by atoms with E-state index in [0.29, 0.717) is 41.4 Å². The number of carbonyl (C=O) groups is 2. The maximum absolute atomic E-state index is 12.0. The lowest BCUT2D eigenvalue weighted by atomic mass is 9.43. The van der Waals surface area contributed by atoms with Crippen LogP contribution in [0.15, 0.2) is 0 Å². The van der Waals surface area contributed by atoms with Gasteiger partial charge in [-0.25, -0.2) is 0 Å². The third kappa shape index (κ3) is 4.01. The standard InChI is InChI=1S/C27H44O5/c1-16(6-9-25(30)31-5)20-7-8-21-19-15-24(32-17(2)28)23-14-18(29)10-12-27(23,4)22(19)11-13-26(20,21)3/h16,18-24,29H,6-15H2,1-5H3/t16-,18?,19+,20?,21+,22+,23+,24+,26-,27-/m1/s1. The van der Waals surface area contributed by atoms with Crippen LogP contribution < -0.4 is 0 Å². The molecule has 2 unspecified atom stereocenters. The van der Waals surface area contributed by atoms with Gasteiger partial charge in [0.15, 0.2) is 0 Å². The summed E-state index contributed by atoms with van der Waals surface area (Å²) in [7, 11) is 1.47. The summed E-state index contributed by atoms with van der Waals surface area (Å²) in [4.78, 5) is 23.7. The molecule has 1 N–H and O–H groups in total. The van der Waals surface area contributed by atoms with E-state index in [4.69, 9.17) is 9.47 Å². The molecule has 32 heavy (non-hydrogen) atoms. The van der Waals surface area contributed by atoms with Gasteiger partial charge in [0.05, 0.1) is 13.2 Å². The summed E-state index contributed by atoms with van der Waals surface area (Å²) in [6.45, 7) is 8.81. The number of rotatable bonds is 5. The van der Waals surface area contributed by atoms with Crippen molar-refractivity contribution >= 4 is 11.9 Å². The lowest BCUT2D eigenvalue weighted by molar-refractivity contribution is -0.192. The summed E-state index contributed by atoms with van der Waals surface area (Å²) >= 11 is 0. The quantitative estimate of drug-likeness (QED) is 0.590. The average Bonchev–Trinajstić information content (AvgIpc) is 3.10. The molecule has 0 bridgehead atoms. The fraction of sp³-hybridized carbons (Fsp3) is 0.926. The van der Waals surface area contributed by atoms with Gasteiger partial charge in [0, 0.05) is 19.3 Å². The van der Waals surface area contributed by atoms with Crippen molar-refractivity contribution in [3.63, 3.8) is 0 Å². The Kier molecular flexibility index (Phi) is 6.70. The van der Waals surface area contributed by atoms with Gasteiger partial charge in [-0.05, 0) is 98.2 Å². The van der Waals surface area contributed by atoms with E-state index in [2.05, 4.69) is 20.8 Å². The van der Waals surface area contributed by atoms with Crippen LogP contribution in [-0.4, -0.2) is 36.4 Å². The summed E-state index contributed by atoms with van der Waals surface area (Å²) < 4.78 is 10.8. The second kappa shape index (κ2) is 8.92. The molecular formula is C27H44O5. The zero-order chi connectivity index (χ0) is 23.3. The largest absolute Gasteiger partial charge is 0.469 e. The molecule has 0 amide bonds. The maximum Gasteiger partial charge on any atom is 0.305 e. The highest BCUT2D eigenvalue weighted by Crippen LogP contribution is 2.68. The second-order valence-corrected chi connectivity index (χ2v) is 12.1. The van der Waals surface area contributed by atoms with Crippen molar-refractivity contribution in [3.05, 3.63) is 0 Å². The summed E-state index contributed by atoms with van der Waals surface area (Å²) in [5, 5.41) is 10.4. The Bertz CT molecular complexity index is 721. The molecule has 10 atom stereocenters. The highest BCUT2D eigenvalue weighted by molar-refractivity contribution is 5.69. The van der Waals surface area contributed by atoms with Crippen LogP contribution in [0.25, 0.3) is 0 Å². The second-order valence-electron chi connectivity index (χ2n) is 12.1. The van der Waals surface area contributed by atoms with Crippen LogP contribution in [0.1, 0.15) is 91.9 Å². The molecule has 0 aromatic heterocycles. The van der Waals surface area contributed by atoms with E-state index in [1.165, 1.54) is 39.7 Å². The molecule has 182 valence electrons. The number of fused-ring (bicyclic) bond motifs is 5. The molecule has 0 radical (unpaired) electrons. The summed E-state index contributed by atoms with van der Waals surface area (Å²) in [6, 6.07) is 0. The number of methoxy groups -OCH3 is 1. The molecule has 4 rings (SSSR count). The van der Waals surface area contributed by atoms with Gasteiger partial charge in [-0.1, -0.05) is 20.8 Å². The van der Waals surface area contributed by atoms with Crippen molar-refractivity contribution in [3.8, 4) is 0 Å². The summed E-state index contributed by atoms with van der Waals surface area (Å²) in [5.41, 5.74) is 0.451. The van der Waals surface area contributed by atoms with E-state index in [9.17, 15) is 14.7 Å². The van der Waals surface area contributed by atoms with Crippen LogP contribution in [0, 0.1) is 46.3 Å². The highest BCUT2D eigenvalue weighted by Gasteiger charge is 2.63. The minimum Gasteiger partial charge on any atom is -0.469 e. The van der Waals surface area contributed by atoms with Gasteiger partial charge >= 0.3 is 11.9 Å². The number of aliphatic hydroxyl groups is 1. The van der Waals surface area contributed by atoms with Gasteiger partial charge in [-0.15, -0.1) is 0 Å². The molecule has 0 aromatic rings. The minimum atomic E-state index is -0.261. The van der Waals surface area contributed by atoms with Gasteiger partial charge in [-0.3, -0.25) is 9.59 Å². The Balaban J connectivity index is 1.56. The Labute approximate surface area is 194 Å². The van der Waals surface area contributed by atoms with Gasteiger partial charge in [0.2, 0.25) is 0 Å². The SMILES string of the molecule is COC(=O)CC[C@@H](C)C1CC[C@H]2[C@@H]3C[C@H](OC(C)=O)[C@@H]4CC(O)CC[C@]4(C)[C@H]3CC[C@]12C. The van der Waals surface area contributed by atoms with E-state index in [1.807, 2.05) is 0 Å². The third-order valence-corrected chi connectivity index (χ3v) is 10.7. The highest BCUT2D eigenvalue weighted by atomic mass is 16.5. The van der Waals surface area contributed by atoms with Crippen LogP contribution >= 0.6 is 0 Å². The first kappa shape index (κ1) is 24.0. The topological polar surface area (TPSA) is 72.8 Å². The van der Waals surface area contributed by atoms with Crippen LogP contribution in [0.4, 0.5) is 0 Å². The predicted octanol–water partition coefficient (Wildman–Crippen LogP) is 5.14. The van der Waals surface area contributed by atoms with Crippen LogP contribution in [0.5, 0.6) is 0 Å². The molecule has 0 spiro atoms. The van der Waals surface area contributed by atoms with E-state index < -0.39 is 0 Å². The number of hydrogen-bond acceptors (Lipinski definition) is 5. The predicted molar refractivity (Wildman–Crippen MR) is 123 cm³/mol. The summed E-state index contributed by atoms with van der Waals surface area (Å²) in [6.07, 6.45) is 9.73. The first-order valence-electron chi connectivity index (χ1n) is 13.0. The fourth-order valence-electron chi connectivity index (χ4n) is 9.21. The molecule has 4 saturated carbocycles. The summed E-state index contributed by atoms with van der Waals surface area (Å²) in [5.74, 6) is 3.06. The molecule has 0 heterocycles. The monoisotopic (exact) mass is 448 g/mol. The average molecular weight is 449 g/mol. The van der Waals surface area contributed by atoms with Crippen LogP contribution in [-0.2, 0) is 19.1 Å². The molecule has 4 fully saturated rings.